The van der Waals surface area contributed by atoms with Crippen molar-refractivity contribution in [2.45, 2.75) is 0 Å². The first-order valence-electron chi connectivity index (χ1n) is 4.38. The average molecular weight is 188 g/mol. The van der Waals surface area contributed by atoms with Gasteiger partial charge in [0.2, 0.25) is 0 Å². The van der Waals surface area contributed by atoms with E-state index in [0.717, 1.165) is 5.69 Å². The van der Waals surface area contributed by atoms with E-state index in [2.05, 4.69) is 0 Å². The maximum absolute atomic E-state index is 5.72. The predicted molar refractivity (Wildman–Crippen MR) is 56.7 cm³/mol. The summed E-state index contributed by atoms with van der Waals surface area (Å²) in [5, 5.41) is 0. The molecule has 0 amide bonds. The second kappa shape index (κ2) is 3.46. The smallest absolute Gasteiger partial charge is 0.143 e. The molecule has 0 atom stereocenters. The summed E-state index contributed by atoms with van der Waals surface area (Å²) in [7, 11) is 1.62. The van der Waals surface area contributed by atoms with E-state index in [1.807, 2.05) is 47.3 Å². The van der Waals surface area contributed by atoms with Crippen LogP contribution >= 0.6 is 0 Å². The Morgan fingerprint density at radius 2 is 1.93 bits per heavy atom. The standard InChI is InChI=1S/C11H12N2O/c1-14-11-8-9(4-5-10(11)12)13-6-2-3-7-13/h2-8H,12H2,1H3. The average Bonchev–Trinajstić information content (AvgIpc) is 2.71. The second-order valence-corrected chi connectivity index (χ2v) is 3.02. The molecule has 0 aliphatic carbocycles. The molecule has 0 unspecified atom stereocenters. The van der Waals surface area contributed by atoms with Crippen molar-refractivity contribution in [2.75, 3.05) is 12.8 Å². The number of anilines is 1. The number of nitrogens with two attached hydrogens (primary N) is 1. The van der Waals surface area contributed by atoms with Crippen molar-refractivity contribution < 1.29 is 4.74 Å². The lowest BCUT2D eigenvalue weighted by molar-refractivity contribution is 0.417. The highest BCUT2D eigenvalue weighted by atomic mass is 16.5. The number of hydrogen-bond acceptors (Lipinski definition) is 2. The fraction of sp³-hybridized carbons (Fsp3) is 0.0909. The van der Waals surface area contributed by atoms with Crippen LogP contribution < -0.4 is 10.5 Å². The Morgan fingerprint density at radius 1 is 1.21 bits per heavy atom. The number of rotatable bonds is 2. The fourth-order valence-electron chi connectivity index (χ4n) is 1.37. The number of nitrogens with zero attached hydrogens (tertiary/aromatic N) is 1. The third kappa shape index (κ3) is 1.44. The van der Waals surface area contributed by atoms with Gasteiger partial charge in [-0.05, 0) is 24.3 Å². The molecule has 0 aliphatic rings. The molecule has 0 bridgehead atoms. The molecule has 0 fully saturated rings. The minimum absolute atomic E-state index is 0.656. The summed E-state index contributed by atoms with van der Waals surface area (Å²) < 4.78 is 7.15. The van der Waals surface area contributed by atoms with Gasteiger partial charge >= 0.3 is 0 Å². The van der Waals surface area contributed by atoms with Crippen LogP contribution in [-0.4, -0.2) is 11.7 Å². The summed E-state index contributed by atoms with van der Waals surface area (Å²) in [6.45, 7) is 0. The van der Waals surface area contributed by atoms with Gasteiger partial charge in [-0.2, -0.15) is 0 Å². The van der Waals surface area contributed by atoms with Crippen LogP contribution in [0, 0.1) is 0 Å². The van der Waals surface area contributed by atoms with Crippen LogP contribution in [0.2, 0.25) is 0 Å². The van der Waals surface area contributed by atoms with Gasteiger partial charge < -0.3 is 15.0 Å². The molecule has 1 heterocycles. The number of hydrogen-bond donors (Lipinski definition) is 1. The maximum atomic E-state index is 5.72. The van der Waals surface area contributed by atoms with Gasteiger partial charge in [0, 0.05) is 24.1 Å². The van der Waals surface area contributed by atoms with Crippen LogP contribution in [0.5, 0.6) is 5.75 Å². The quantitative estimate of drug-likeness (QED) is 0.733. The molecule has 3 heteroatoms. The van der Waals surface area contributed by atoms with E-state index in [-0.39, 0.29) is 0 Å². The van der Waals surface area contributed by atoms with E-state index < -0.39 is 0 Å². The molecule has 72 valence electrons. The highest BCUT2D eigenvalue weighted by Gasteiger charge is 2.01. The zero-order chi connectivity index (χ0) is 9.97. The van der Waals surface area contributed by atoms with E-state index in [0.29, 0.717) is 11.4 Å². The molecule has 2 rings (SSSR count). The lowest BCUT2D eigenvalue weighted by Gasteiger charge is -2.07. The van der Waals surface area contributed by atoms with Gasteiger partial charge in [-0.3, -0.25) is 0 Å². The third-order valence-corrected chi connectivity index (χ3v) is 2.12. The lowest BCUT2D eigenvalue weighted by atomic mass is 10.2. The van der Waals surface area contributed by atoms with Crippen LogP contribution in [0.25, 0.3) is 5.69 Å². The summed E-state index contributed by atoms with van der Waals surface area (Å²) in [5.74, 6) is 0.705. The molecule has 0 saturated heterocycles. The largest absolute Gasteiger partial charge is 0.495 e. The van der Waals surface area contributed by atoms with Gasteiger partial charge in [-0.25, -0.2) is 0 Å². The van der Waals surface area contributed by atoms with Crippen LogP contribution in [0.3, 0.4) is 0 Å². The molecular formula is C11H12N2O. The monoisotopic (exact) mass is 188 g/mol. The Balaban J connectivity index is 2.46. The summed E-state index contributed by atoms with van der Waals surface area (Å²) in [5.41, 5.74) is 7.42. The van der Waals surface area contributed by atoms with E-state index in [9.17, 15) is 0 Å². The Labute approximate surface area is 82.7 Å². The SMILES string of the molecule is COc1cc(-n2cccc2)ccc1N. The van der Waals surface area contributed by atoms with Gasteiger partial charge in [0.25, 0.3) is 0 Å². The third-order valence-electron chi connectivity index (χ3n) is 2.12. The molecule has 2 N–H and O–H groups in total. The van der Waals surface area contributed by atoms with Gasteiger partial charge in [-0.15, -0.1) is 0 Å². The van der Waals surface area contributed by atoms with Crippen molar-refractivity contribution in [3.8, 4) is 11.4 Å². The molecule has 1 aromatic heterocycles. The normalized spacial score (nSPS) is 10.1. The highest BCUT2D eigenvalue weighted by molar-refractivity contribution is 5.57. The van der Waals surface area contributed by atoms with E-state index >= 15 is 0 Å². The Kier molecular flexibility index (Phi) is 2.14. The zero-order valence-corrected chi connectivity index (χ0v) is 7.97. The lowest BCUT2D eigenvalue weighted by Crippen LogP contribution is -1.95. The number of aromatic nitrogens is 1. The molecule has 14 heavy (non-hydrogen) atoms. The van der Waals surface area contributed by atoms with Gasteiger partial charge in [-0.1, -0.05) is 0 Å². The predicted octanol–water partition coefficient (Wildman–Crippen LogP) is 2.07. The summed E-state index contributed by atoms with van der Waals surface area (Å²) in [6, 6.07) is 9.66. The molecular weight excluding hydrogens is 176 g/mol. The second-order valence-electron chi connectivity index (χ2n) is 3.02. The van der Waals surface area contributed by atoms with Crippen molar-refractivity contribution >= 4 is 5.69 Å². The summed E-state index contributed by atoms with van der Waals surface area (Å²) in [4.78, 5) is 0. The Bertz CT molecular complexity index is 421. The molecule has 0 radical (unpaired) electrons. The number of benzene rings is 1. The van der Waals surface area contributed by atoms with Crippen LogP contribution in [-0.2, 0) is 0 Å². The fourth-order valence-corrected chi connectivity index (χ4v) is 1.37. The number of ether oxygens (including phenoxy) is 1. The van der Waals surface area contributed by atoms with Gasteiger partial charge in [0.05, 0.1) is 12.8 Å². The molecule has 3 nitrogen and oxygen atoms in total. The zero-order valence-electron chi connectivity index (χ0n) is 7.97. The van der Waals surface area contributed by atoms with Gasteiger partial charge in [0.1, 0.15) is 5.75 Å². The van der Waals surface area contributed by atoms with E-state index in [1.165, 1.54) is 0 Å². The van der Waals surface area contributed by atoms with Crippen molar-refractivity contribution in [1.82, 2.24) is 4.57 Å². The summed E-state index contributed by atoms with van der Waals surface area (Å²) in [6.07, 6.45) is 3.95. The molecule has 0 saturated carbocycles. The Hall–Kier alpha value is -1.90. The molecule has 1 aromatic carbocycles. The van der Waals surface area contributed by atoms with Crippen molar-refractivity contribution in [3.05, 3.63) is 42.7 Å². The van der Waals surface area contributed by atoms with E-state index in [1.54, 1.807) is 7.11 Å². The first-order chi connectivity index (χ1) is 6.81. The molecule has 0 aliphatic heterocycles. The molecule has 2 aromatic rings. The van der Waals surface area contributed by atoms with Crippen molar-refractivity contribution in [2.24, 2.45) is 0 Å². The number of nitrogen functional groups attached to an aromatic ring is 1. The van der Waals surface area contributed by atoms with Crippen molar-refractivity contribution in [3.63, 3.8) is 0 Å². The minimum atomic E-state index is 0.656. The van der Waals surface area contributed by atoms with Crippen molar-refractivity contribution in [1.29, 1.82) is 0 Å². The van der Waals surface area contributed by atoms with Crippen LogP contribution in [0.4, 0.5) is 5.69 Å². The summed E-state index contributed by atoms with van der Waals surface area (Å²) >= 11 is 0. The highest BCUT2D eigenvalue weighted by Crippen LogP contribution is 2.24. The maximum Gasteiger partial charge on any atom is 0.143 e. The van der Waals surface area contributed by atoms with Gasteiger partial charge in [0.15, 0.2) is 0 Å². The first-order valence-corrected chi connectivity index (χ1v) is 4.38. The minimum Gasteiger partial charge on any atom is -0.495 e. The topological polar surface area (TPSA) is 40.2 Å². The van der Waals surface area contributed by atoms with E-state index in [4.69, 9.17) is 10.5 Å². The Morgan fingerprint density at radius 3 is 2.57 bits per heavy atom. The van der Waals surface area contributed by atoms with Crippen LogP contribution in [0.15, 0.2) is 42.7 Å². The van der Waals surface area contributed by atoms with Crippen LogP contribution in [0.1, 0.15) is 0 Å². The molecule has 0 spiro atoms. The first kappa shape index (κ1) is 8.69. The number of methoxy groups -OCH3 is 1.